The summed E-state index contributed by atoms with van der Waals surface area (Å²) in [6.45, 7) is 1.92. The van der Waals surface area contributed by atoms with E-state index in [1.807, 2.05) is 6.07 Å². The van der Waals surface area contributed by atoms with Gasteiger partial charge in [-0.2, -0.15) is 5.26 Å². The summed E-state index contributed by atoms with van der Waals surface area (Å²) in [6.07, 6.45) is 0.205. The number of hydrogen-bond donors (Lipinski definition) is 1. The molecule has 1 amide bonds. The average Bonchev–Trinajstić information content (AvgIpc) is 2.36. The highest BCUT2D eigenvalue weighted by Crippen LogP contribution is 2.12. The van der Waals surface area contributed by atoms with Crippen LogP contribution in [-0.2, 0) is 16.0 Å². The van der Waals surface area contributed by atoms with Gasteiger partial charge in [0.1, 0.15) is 5.92 Å². The number of carbonyl (C=O) groups is 2. The minimum Gasteiger partial charge on any atom is -0.465 e. The van der Waals surface area contributed by atoms with Crippen molar-refractivity contribution in [2.24, 2.45) is 11.7 Å². The highest BCUT2D eigenvalue weighted by molar-refractivity contribution is 5.92. The minimum absolute atomic E-state index is 0.205. The normalized spacial score (nSPS) is 11.3. The summed E-state index contributed by atoms with van der Waals surface area (Å²) < 4.78 is 4.79. The Morgan fingerprint density at radius 3 is 2.78 bits per heavy atom. The Morgan fingerprint density at radius 2 is 2.22 bits per heavy atom. The Bertz CT molecular complexity index is 491. The number of nitrogens with zero attached hydrogens (tertiary/aromatic N) is 1. The van der Waals surface area contributed by atoms with Crippen molar-refractivity contribution in [2.75, 3.05) is 6.61 Å². The van der Waals surface area contributed by atoms with Crippen LogP contribution in [0.2, 0.25) is 0 Å². The molecule has 0 fully saturated rings. The van der Waals surface area contributed by atoms with E-state index in [0.29, 0.717) is 11.1 Å². The molecule has 0 bridgehead atoms. The summed E-state index contributed by atoms with van der Waals surface area (Å²) >= 11 is 0. The molecule has 0 aromatic heterocycles. The van der Waals surface area contributed by atoms with Gasteiger partial charge in [0.25, 0.3) is 0 Å². The molecule has 0 aliphatic carbocycles. The van der Waals surface area contributed by atoms with Crippen LogP contribution in [-0.4, -0.2) is 18.5 Å². The van der Waals surface area contributed by atoms with Gasteiger partial charge in [0.2, 0.25) is 5.91 Å². The fourth-order valence-corrected chi connectivity index (χ4v) is 1.51. The average molecular weight is 246 g/mol. The van der Waals surface area contributed by atoms with E-state index in [0.717, 1.165) is 0 Å². The number of nitrogens with two attached hydrogens (primary N) is 1. The quantitative estimate of drug-likeness (QED) is 0.785. The lowest BCUT2D eigenvalue weighted by molar-refractivity contribution is -0.145. The molecule has 0 spiro atoms. The van der Waals surface area contributed by atoms with Crippen molar-refractivity contribution in [3.8, 4) is 6.07 Å². The first-order valence-electron chi connectivity index (χ1n) is 5.53. The summed E-state index contributed by atoms with van der Waals surface area (Å²) in [4.78, 5) is 22.5. The molecule has 1 atom stereocenters. The molecule has 1 unspecified atom stereocenters. The second-order valence-electron chi connectivity index (χ2n) is 3.70. The number of carbonyl (C=O) groups excluding carboxylic acids is 2. The van der Waals surface area contributed by atoms with Crippen molar-refractivity contribution in [3.05, 3.63) is 35.4 Å². The predicted molar refractivity (Wildman–Crippen MR) is 64.4 cm³/mol. The van der Waals surface area contributed by atoms with E-state index in [4.69, 9.17) is 15.7 Å². The Balaban J connectivity index is 2.83. The lowest BCUT2D eigenvalue weighted by Gasteiger charge is -2.08. The number of primary amides is 1. The number of ether oxygens (including phenoxy) is 1. The first-order chi connectivity index (χ1) is 8.58. The van der Waals surface area contributed by atoms with Crippen molar-refractivity contribution in [1.82, 2.24) is 0 Å². The summed E-state index contributed by atoms with van der Waals surface area (Å²) in [5.41, 5.74) is 6.21. The van der Waals surface area contributed by atoms with E-state index in [-0.39, 0.29) is 13.0 Å². The largest absolute Gasteiger partial charge is 0.465 e. The van der Waals surface area contributed by atoms with Crippen LogP contribution in [0.25, 0.3) is 0 Å². The van der Waals surface area contributed by atoms with Crippen LogP contribution in [0.1, 0.15) is 22.8 Å². The first kappa shape index (κ1) is 13.7. The van der Waals surface area contributed by atoms with Gasteiger partial charge in [0.15, 0.2) is 0 Å². The summed E-state index contributed by atoms with van der Waals surface area (Å²) in [5, 5.41) is 8.92. The molecule has 0 saturated heterocycles. The van der Waals surface area contributed by atoms with Crippen LogP contribution in [0.3, 0.4) is 0 Å². The SMILES string of the molecule is CCOC(=O)C(C#N)Cc1cccc(C(N)=O)c1. The molecule has 0 saturated carbocycles. The molecular formula is C13H14N2O3. The van der Waals surface area contributed by atoms with Crippen LogP contribution in [0.5, 0.6) is 0 Å². The topological polar surface area (TPSA) is 93.2 Å². The van der Waals surface area contributed by atoms with E-state index in [9.17, 15) is 9.59 Å². The van der Waals surface area contributed by atoms with Crippen molar-refractivity contribution < 1.29 is 14.3 Å². The van der Waals surface area contributed by atoms with E-state index in [2.05, 4.69) is 0 Å². The van der Waals surface area contributed by atoms with Crippen molar-refractivity contribution in [3.63, 3.8) is 0 Å². The van der Waals surface area contributed by atoms with Crippen LogP contribution < -0.4 is 5.73 Å². The number of rotatable bonds is 5. The second kappa shape index (κ2) is 6.40. The Morgan fingerprint density at radius 1 is 1.50 bits per heavy atom. The van der Waals surface area contributed by atoms with E-state index in [1.165, 1.54) is 0 Å². The molecule has 1 aromatic carbocycles. The zero-order chi connectivity index (χ0) is 13.5. The van der Waals surface area contributed by atoms with Crippen LogP contribution >= 0.6 is 0 Å². The number of hydrogen-bond acceptors (Lipinski definition) is 4. The van der Waals surface area contributed by atoms with Gasteiger partial charge in [-0.1, -0.05) is 12.1 Å². The summed E-state index contributed by atoms with van der Waals surface area (Å²) in [7, 11) is 0. The van der Waals surface area contributed by atoms with Gasteiger partial charge in [-0.05, 0) is 31.0 Å². The standard InChI is InChI=1S/C13H14N2O3/c1-2-18-13(17)11(8-14)7-9-4-3-5-10(6-9)12(15)16/h3-6,11H,2,7H2,1H3,(H2,15,16). The minimum atomic E-state index is -0.868. The zero-order valence-corrected chi connectivity index (χ0v) is 10.1. The van der Waals surface area contributed by atoms with Gasteiger partial charge >= 0.3 is 5.97 Å². The van der Waals surface area contributed by atoms with Crippen LogP contribution in [0.4, 0.5) is 0 Å². The summed E-state index contributed by atoms with van der Waals surface area (Å²) in [5.74, 6) is -1.96. The highest BCUT2D eigenvalue weighted by Gasteiger charge is 2.19. The van der Waals surface area contributed by atoms with Gasteiger partial charge in [0, 0.05) is 5.56 Å². The maximum atomic E-state index is 11.5. The Hall–Kier alpha value is -2.35. The monoisotopic (exact) mass is 246 g/mol. The third-order valence-electron chi connectivity index (χ3n) is 2.38. The van der Waals surface area contributed by atoms with Gasteiger partial charge in [-0.25, -0.2) is 0 Å². The van der Waals surface area contributed by atoms with Gasteiger partial charge in [-0.3, -0.25) is 9.59 Å². The predicted octanol–water partition coefficient (Wildman–Crippen LogP) is 1.03. The Labute approximate surface area is 105 Å². The molecule has 1 aromatic rings. The van der Waals surface area contributed by atoms with Crippen LogP contribution in [0.15, 0.2) is 24.3 Å². The third-order valence-corrected chi connectivity index (χ3v) is 2.38. The lowest BCUT2D eigenvalue weighted by atomic mass is 9.99. The molecular weight excluding hydrogens is 232 g/mol. The molecule has 18 heavy (non-hydrogen) atoms. The molecule has 5 nitrogen and oxygen atoms in total. The van der Waals surface area contributed by atoms with Crippen molar-refractivity contribution in [2.45, 2.75) is 13.3 Å². The molecule has 2 N–H and O–H groups in total. The maximum Gasteiger partial charge on any atom is 0.323 e. The molecule has 5 heteroatoms. The number of nitriles is 1. The van der Waals surface area contributed by atoms with Crippen molar-refractivity contribution in [1.29, 1.82) is 5.26 Å². The molecule has 0 radical (unpaired) electrons. The molecule has 0 aliphatic heterocycles. The zero-order valence-electron chi connectivity index (χ0n) is 10.1. The third kappa shape index (κ3) is 3.59. The van der Waals surface area contributed by atoms with Gasteiger partial charge in [0.05, 0.1) is 12.7 Å². The van der Waals surface area contributed by atoms with Crippen LogP contribution in [0, 0.1) is 17.2 Å². The van der Waals surface area contributed by atoms with Gasteiger partial charge in [-0.15, -0.1) is 0 Å². The molecule has 1 rings (SSSR count). The van der Waals surface area contributed by atoms with E-state index >= 15 is 0 Å². The number of esters is 1. The highest BCUT2D eigenvalue weighted by atomic mass is 16.5. The summed E-state index contributed by atoms with van der Waals surface area (Å²) in [6, 6.07) is 8.44. The van der Waals surface area contributed by atoms with Gasteiger partial charge < -0.3 is 10.5 Å². The number of amides is 1. The van der Waals surface area contributed by atoms with E-state index in [1.54, 1.807) is 31.2 Å². The van der Waals surface area contributed by atoms with Crippen molar-refractivity contribution >= 4 is 11.9 Å². The second-order valence-corrected chi connectivity index (χ2v) is 3.70. The Kier molecular flexibility index (Phi) is 4.88. The maximum absolute atomic E-state index is 11.5. The van der Waals surface area contributed by atoms with E-state index < -0.39 is 17.8 Å². The molecule has 94 valence electrons. The fraction of sp³-hybridized carbons (Fsp3) is 0.308. The molecule has 0 aliphatic rings. The molecule has 0 heterocycles. The fourth-order valence-electron chi connectivity index (χ4n) is 1.51. The lowest BCUT2D eigenvalue weighted by Crippen LogP contribution is -2.19. The smallest absolute Gasteiger partial charge is 0.323 e. The first-order valence-corrected chi connectivity index (χ1v) is 5.53. The number of benzene rings is 1.